The number of anilines is 1. The molecule has 0 aliphatic carbocycles. The highest BCUT2D eigenvalue weighted by molar-refractivity contribution is 5.89. The predicted molar refractivity (Wildman–Crippen MR) is 100 cm³/mol. The molecule has 0 fully saturated rings. The number of urea groups is 1. The summed E-state index contributed by atoms with van der Waals surface area (Å²) in [6.07, 6.45) is 0. The van der Waals surface area contributed by atoms with Gasteiger partial charge in [-0.3, -0.25) is 0 Å². The topological polar surface area (TPSA) is 71.3 Å². The molecule has 0 bridgehead atoms. The molecule has 1 heterocycles. The van der Waals surface area contributed by atoms with E-state index in [1.54, 1.807) is 4.90 Å². The van der Waals surface area contributed by atoms with E-state index in [0.29, 0.717) is 17.4 Å². The van der Waals surface area contributed by atoms with E-state index in [1.165, 1.54) is 24.3 Å². The van der Waals surface area contributed by atoms with Crippen LogP contribution in [0.3, 0.4) is 0 Å². The van der Waals surface area contributed by atoms with Crippen molar-refractivity contribution in [1.29, 1.82) is 0 Å². The van der Waals surface area contributed by atoms with Crippen LogP contribution in [-0.4, -0.2) is 26.6 Å². The Kier molecular flexibility index (Phi) is 5.21. The van der Waals surface area contributed by atoms with Crippen LogP contribution in [-0.2, 0) is 6.54 Å². The van der Waals surface area contributed by atoms with Crippen molar-refractivity contribution in [3.63, 3.8) is 0 Å². The van der Waals surface area contributed by atoms with Gasteiger partial charge in [-0.2, -0.15) is 4.98 Å². The maximum atomic E-state index is 13.1. The second kappa shape index (κ2) is 7.57. The molecule has 1 N–H and O–H groups in total. The second-order valence-electron chi connectivity index (χ2n) is 7.07. The zero-order chi connectivity index (χ0) is 19.4. The summed E-state index contributed by atoms with van der Waals surface area (Å²) in [6, 6.07) is 14.7. The molecule has 0 aliphatic heterocycles. The molecular weight excluding hydrogens is 347 g/mol. The van der Waals surface area contributed by atoms with E-state index >= 15 is 0 Å². The van der Waals surface area contributed by atoms with Gasteiger partial charge in [0, 0.05) is 16.8 Å². The Morgan fingerprint density at radius 1 is 1.11 bits per heavy atom. The molecule has 0 saturated carbocycles. The second-order valence-corrected chi connectivity index (χ2v) is 7.07. The maximum absolute atomic E-state index is 13.1. The van der Waals surface area contributed by atoms with Crippen molar-refractivity contribution < 1.29 is 13.7 Å². The number of aromatic nitrogens is 2. The first-order valence-corrected chi connectivity index (χ1v) is 8.55. The van der Waals surface area contributed by atoms with Crippen LogP contribution in [0.2, 0.25) is 0 Å². The third-order valence-electron chi connectivity index (χ3n) is 3.94. The van der Waals surface area contributed by atoms with Gasteiger partial charge in [-0.15, -0.1) is 0 Å². The summed E-state index contributed by atoms with van der Waals surface area (Å²) >= 11 is 0. The van der Waals surface area contributed by atoms with Crippen LogP contribution in [0.15, 0.2) is 59.1 Å². The number of amides is 2. The fraction of sp³-hybridized carbons (Fsp3) is 0.250. The highest BCUT2D eigenvalue weighted by Crippen LogP contribution is 2.21. The molecule has 1 aromatic heterocycles. The molecule has 3 aromatic rings. The Hall–Kier alpha value is -3.22. The van der Waals surface area contributed by atoms with Crippen LogP contribution < -0.4 is 5.32 Å². The predicted octanol–water partition coefficient (Wildman–Crippen LogP) is 4.71. The Balaban J connectivity index is 1.76. The summed E-state index contributed by atoms with van der Waals surface area (Å²) < 4.78 is 18.4. The van der Waals surface area contributed by atoms with Crippen molar-refractivity contribution in [1.82, 2.24) is 15.0 Å². The smallest absolute Gasteiger partial charge is 0.322 e. The summed E-state index contributed by atoms with van der Waals surface area (Å²) in [6.45, 7) is 5.87. The van der Waals surface area contributed by atoms with Gasteiger partial charge < -0.3 is 14.7 Å². The van der Waals surface area contributed by atoms with Gasteiger partial charge >= 0.3 is 6.03 Å². The molecule has 2 amide bonds. The number of halogens is 1. The maximum Gasteiger partial charge on any atom is 0.322 e. The van der Waals surface area contributed by atoms with Crippen LogP contribution in [0.4, 0.5) is 14.9 Å². The van der Waals surface area contributed by atoms with E-state index in [2.05, 4.69) is 15.5 Å². The number of carbonyl (C=O) groups is 1. The van der Waals surface area contributed by atoms with Crippen molar-refractivity contribution in [3.8, 4) is 11.4 Å². The summed E-state index contributed by atoms with van der Waals surface area (Å²) in [5.41, 5.74) is 0.850. The van der Waals surface area contributed by atoms with Gasteiger partial charge in [0.25, 0.3) is 0 Å². The molecule has 0 saturated heterocycles. The molecule has 3 rings (SSSR count). The lowest BCUT2D eigenvalue weighted by molar-refractivity contribution is 0.140. The van der Waals surface area contributed by atoms with E-state index in [1.807, 2.05) is 51.1 Å². The summed E-state index contributed by atoms with van der Waals surface area (Å²) in [7, 11) is 0. The Morgan fingerprint density at radius 3 is 2.41 bits per heavy atom. The van der Waals surface area contributed by atoms with E-state index in [4.69, 9.17) is 4.52 Å². The third-order valence-corrected chi connectivity index (χ3v) is 3.94. The number of hydrogen-bond donors (Lipinski definition) is 1. The van der Waals surface area contributed by atoms with Crippen molar-refractivity contribution in [2.45, 2.75) is 32.9 Å². The average molecular weight is 368 g/mol. The van der Waals surface area contributed by atoms with Gasteiger partial charge in [-0.05, 0) is 45.0 Å². The minimum absolute atomic E-state index is 0.149. The van der Waals surface area contributed by atoms with Crippen LogP contribution in [0, 0.1) is 5.82 Å². The molecule has 2 aromatic carbocycles. The molecule has 7 heteroatoms. The standard InChI is InChI=1S/C20H21FN4O2/c1-20(2,3)25(19(26)22-16-11-9-15(21)10-12-16)13-17-23-18(24-27-17)14-7-5-4-6-8-14/h4-12H,13H2,1-3H3,(H,22,26). The Labute approximate surface area is 157 Å². The zero-order valence-corrected chi connectivity index (χ0v) is 15.4. The molecule has 0 radical (unpaired) electrons. The quantitative estimate of drug-likeness (QED) is 0.724. The molecule has 0 aliphatic rings. The van der Waals surface area contributed by atoms with Crippen molar-refractivity contribution in [3.05, 3.63) is 66.3 Å². The zero-order valence-electron chi connectivity index (χ0n) is 15.4. The summed E-state index contributed by atoms with van der Waals surface area (Å²) in [5, 5.41) is 6.75. The molecule has 140 valence electrons. The monoisotopic (exact) mass is 368 g/mol. The molecule has 0 atom stereocenters. The third kappa shape index (κ3) is 4.69. The molecule has 0 spiro atoms. The van der Waals surface area contributed by atoms with Gasteiger partial charge in [0.1, 0.15) is 12.4 Å². The highest BCUT2D eigenvalue weighted by atomic mass is 19.1. The fourth-order valence-electron chi connectivity index (χ4n) is 2.50. The fourth-order valence-corrected chi connectivity index (χ4v) is 2.50. The normalized spacial score (nSPS) is 11.3. The number of rotatable bonds is 4. The van der Waals surface area contributed by atoms with Gasteiger partial charge in [0.2, 0.25) is 11.7 Å². The SMILES string of the molecule is CC(C)(C)N(Cc1nc(-c2ccccc2)no1)C(=O)Nc1ccc(F)cc1. The van der Waals surface area contributed by atoms with Crippen molar-refractivity contribution >= 4 is 11.7 Å². The number of nitrogens with zero attached hydrogens (tertiary/aromatic N) is 3. The van der Waals surface area contributed by atoms with Crippen LogP contribution in [0.1, 0.15) is 26.7 Å². The number of nitrogens with one attached hydrogen (secondary N) is 1. The first kappa shape index (κ1) is 18.6. The minimum atomic E-state index is -0.495. The largest absolute Gasteiger partial charge is 0.337 e. The summed E-state index contributed by atoms with van der Waals surface area (Å²) in [5.74, 6) is 0.441. The Bertz CT molecular complexity index is 902. The van der Waals surface area contributed by atoms with E-state index in [-0.39, 0.29) is 18.4 Å². The van der Waals surface area contributed by atoms with Gasteiger partial charge in [-0.25, -0.2) is 9.18 Å². The van der Waals surface area contributed by atoms with Gasteiger partial charge in [0.15, 0.2) is 0 Å². The first-order chi connectivity index (χ1) is 12.8. The lowest BCUT2D eigenvalue weighted by Gasteiger charge is -2.34. The van der Waals surface area contributed by atoms with Crippen LogP contribution in [0.5, 0.6) is 0 Å². The highest BCUT2D eigenvalue weighted by Gasteiger charge is 2.28. The average Bonchev–Trinajstić information content (AvgIpc) is 3.10. The lowest BCUT2D eigenvalue weighted by Crippen LogP contribution is -2.47. The van der Waals surface area contributed by atoms with Crippen molar-refractivity contribution in [2.24, 2.45) is 0 Å². The minimum Gasteiger partial charge on any atom is -0.337 e. The number of carbonyl (C=O) groups excluding carboxylic acids is 1. The van der Waals surface area contributed by atoms with Crippen LogP contribution >= 0.6 is 0 Å². The lowest BCUT2D eigenvalue weighted by atomic mass is 10.1. The van der Waals surface area contributed by atoms with E-state index in [9.17, 15) is 9.18 Å². The van der Waals surface area contributed by atoms with E-state index in [0.717, 1.165) is 5.56 Å². The molecular formula is C20H21FN4O2. The van der Waals surface area contributed by atoms with Gasteiger partial charge in [-0.1, -0.05) is 35.5 Å². The first-order valence-electron chi connectivity index (χ1n) is 8.55. The molecule has 27 heavy (non-hydrogen) atoms. The number of hydrogen-bond acceptors (Lipinski definition) is 4. The number of benzene rings is 2. The van der Waals surface area contributed by atoms with E-state index < -0.39 is 5.54 Å². The summed E-state index contributed by atoms with van der Waals surface area (Å²) in [4.78, 5) is 18.7. The molecule has 6 nitrogen and oxygen atoms in total. The van der Waals surface area contributed by atoms with Gasteiger partial charge in [0.05, 0.1) is 0 Å². The van der Waals surface area contributed by atoms with Crippen LogP contribution in [0.25, 0.3) is 11.4 Å². The van der Waals surface area contributed by atoms with Crippen molar-refractivity contribution in [2.75, 3.05) is 5.32 Å². The Morgan fingerprint density at radius 2 is 1.78 bits per heavy atom. The molecule has 0 unspecified atom stereocenters.